The Kier molecular flexibility index (Phi) is 4.08. The van der Waals surface area contributed by atoms with E-state index in [2.05, 4.69) is 20.5 Å². The lowest BCUT2D eigenvalue weighted by atomic mass is 10.1. The molecule has 0 bridgehead atoms. The molecule has 136 valence electrons. The Hall–Kier alpha value is -3.68. The predicted octanol–water partition coefficient (Wildman–Crippen LogP) is 2.76. The van der Waals surface area contributed by atoms with Crippen LogP contribution in [0.3, 0.4) is 0 Å². The Balaban J connectivity index is 1.83. The number of benzene rings is 1. The minimum atomic E-state index is -0.119. The average molecular weight is 362 g/mol. The van der Waals surface area contributed by atoms with Crippen LogP contribution < -0.4 is 10.1 Å². The molecule has 0 aliphatic heterocycles. The van der Waals surface area contributed by atoms with Crippen molar-refractivity contribution in [1.82, 2.24) is 24.4 Å². The molecule has 1 aromatic carbocycles. The quantitative estimate of drug-likeness (QED) is 0.603. The van der Waals surface area contributed by atoms with Gasteiger partial charge in [0.2, 0.25) is 11.8 Å². The molecule has 27 heavy (non-hydrogen) atoms. The van der Waals surface area contributed by atoms with E-state index in [-0.39, 0.29) is 5.91 Å². The second-order valence-corrected chi connectivity index (χ2v) is 6.15. The van der Waals surface area contributed by atoms with E-state index in [0.717, 1.165) is 22.4 Å². The maximum atomic E-state index is 11.3. The van der Waals surface area contributed by atoms with Crippen LogP contribution in [0.15, 0.2) is 48.9 Å². The highest BCUT2D eigenvalue weighted by Crippen LogP contribution is 2.31. The summed E-state index contributed by atoms with van der Waals surface area (Å²) in [4.78, 5) is 15.8. The molecule has 4 rings (SSSR count). The van der Waals surface area contributed by atoms with Crippen LogP contribution in [0.5, 0.6) is 5.88 Å². The van der Waals surface area contributed by atoms with Gasteiger partial charge in [-0.2, -0.15) is 5.10 Å². The summed E-state index contributed by atoms with van der Waals surface area (Å²) in [7, 11) is 3.44. The Morgan fingerprint density at radius 3 is 2.74 bits per heavy atom. The van der Waals surface area contributed by atoms with E-state index in [1.165, 1.54) is 6.92 Å². The number of aryl methyl sites for hydroxylation is 1. The number of imidazole rings is 1. The summed E-state index contributed by atoms with van der Waals surface area (Å²) in [6, 6.07) is 9.46. The molecule has 3 heterocycles. The Bertz CT molecular complexity index is 1140. The number of carbonyl (C=O) groups is 1. The van der Waals surface area contributed by atoms with E-state index in [1.807, 2.05) is 43.6 Å². The van der Waals surface area contributed by atoms with Crippen molar-refractivity contribution in [2.75, 3.05) is 12.4 Å². The van der Waals surface area contributed by atoms with Gasteiger partial charge in [0.25, 0.3) is 0 Å². The van der Waals surface area contributed by atoms with Crippen molar-refractivity contribution in [1.29, 1.82) is 0 Å². The third-order valence-electron chi connectivity index (χ3n) is 4.15. The van der Waals surface area contributed by atoms with Crippen LogP contribution in [0, 0.1) is 0 Å². The molecule has 0 saturated heterocycles. The number of nitrogens with one attached hydrogen (secondary N) is 1. The number of anilines is 1. The lowest BCUT2D eigenvalue weighted by molar-refractivity contribution is -0.114. The van der Waals surface area contributed by atoms with E-state index in [4.69, 9.17) is 4.74 Å². The van der Waals surface area contributed by atoms with Crippen molar-refractivity contribution in [2.45, 2.75) is 6.92 Å². The average Bonchev–Trinajstić information content (AvgIpc) is 3.26. The summed E-state index contributed by atoms with van der Waals surface area (Å²) in [6.07, 6.45) is 5.41. The lowest BCUT2D eigenvalue weighted by Crippen LogP contribution is -2.05. The van der Waals surface area contributed by atoms with Crippen LogP contribution in [0.1, 0.15) is 6.92 Å². The van der Waals surface area contributed by atoms with Gasteiger partial charge in [-0.3, -0.25) is 9.48 Å². The molecule has 4 aromatic rings. The van der Waals surface area contributed by atoms with E-state index in [0.29, 0.717) is 17.2 Å². The highest BCUT2D eigenvalue weighted by molar-refractivity contribution is 5.89. The molecule has 0 fully saturated rings. The minimum absolute atomic E-state index is 0.119. The molecule has 1 amide bonds. The Labute approximate surface area is 155 Å². The summed E-state index contributed by atoms with van der Waals surface area (Å²) >= 11 is 0. The lowest BCUT2D eigenvalue weighted by Gasteiger charge is -2.09. The van der Waals surface area contributed by atoms with Crippen molar-refractivity contribution in [3.8, 4) is 28.3 Å². The van der Waals surface area contributed by atoms with Crippen LogP contribution >= 0.6 is 0 Å². The fourth-order valence-corrected chi connectivity index (χ4v) is 2.97. The molecule has 8 heteroatoms. The molecular formula is C19H18N6O2. The smallest absolute Gasteiger partial charge is 0.239 e. The molecular weight excluding hydrogens is 344 g/mol. The standard InChI is InChI=1S/C19H18N6O2/c1-12(26)22-15-6-4-5-13(7-15)17-10-20-18-8-16(14-9-21-24(2)11-14)19(27-3)23-25(17)18/h4-11H,1-3H3,(H,22,26). The molecule has 0 spiro atoms. The van der Waals surface area contributed by atoms with E-state index in [1.54, 1.807) is 28.7 Å². The number of rotatable bonds is 4. The van der Waals surface area contributed by atoms with Crippen molar-refractivity contribution in [3.63, 3.8) is 0 Å². The van der Waals surface area contributed by atoms with Gasteiger partial charge in [0.1, 0.15) is 0 Å². The zero-order valence-corrected chi connectivity index (χ0v) is 15.2. The largest absolute Gasteiger partial charge is 0.480 e. The monoisotopic (exact) mass is 362 g/mol. The number of ether oxygens (including phenoxy) is 1. The van der Waals surface area contributed by atoms with Gasteiger partial charge >= 0.3 is 0 Å². The zero-order chi connectivity index (χ0) is 19.0. The number of hydrogen-bond acceptors (Lipinski definition) is 5. The van der Waals surface area contributed by atoms with E-state index in [9.17, 15) is 4.79 Å². The predicted molar refractivity (Wildman–Crippen MR) is 101 cm³/mol. The van der Waals surface area contributed by atoms with E-state index < -0.39 is 0 Å². The number of carbonyl (C=O) groups excluding carboxylic acids is 1. The second kappa shape index (κ2) is 6.56. The SMILES string of the molecule is COc1nn2c(-c3cccc(NC(C)=O)c3)cnc2cc1-c1cnn(C)c1. The zero-order valence-electron chi connectivity index (χ0n) is 15.2. The van der Waals surface area contributed by atoms with E-state index >= 15 is 0 Å². The molecule has 8 nitrogen and oxygen atoms in total. The molecule has 0 atom stereocenters. The van der Waals surface area contributed by atoms with Gasteiger partial charge in [-0.05, 0) is 18.2 Å². The molecule has 0 radical (unpaired) electrons. The topological polar surface area (TPSA) is 86.3 Å². The summed E-state index contributed by atoms with van der Waals surface area (Å²) in [5, 5.41) is 11.6. The second-order valence-electron chi connectivity index (χ2n) is 6.15. The van der Waals surface area contributed by atoms with Crippen molar-refractivity contribution in [2.24, 2.45) is 7.05 Å². The van der Waals surface area contributed by atoms with Gasteiger partial charge in [-0.1, -0.05) is 12.1 Å². The Morgan fingerprint density at radius 2 is 2.04 bits per heavy atom. The first-order valence-electron chi connectivity index (χ1n) is 8.35. The Morgan fingerprint density at radius 1 is 1.19 bits per heavy atom. The van der Waals surface area contributed by atoms with Gasteiger partial charge in [-0.25, -0.2) is 9.50 Å². The summed E-state index contributed by atoms with van der Waals surface area (Å²) < 4.78 is 8.95. The van der Waals surface area contributed by atoms with Gasteiger partial charge in [0.15, 0.2) is 5.65 Å². The van der Waals surface area contributed by atoms with Crippen molar-refractivity contribution >= 4 is 17.2 Å². The minimum Gasteiger partial charge on any atom is -0.480 e. The third kappa shape index (κ3) is 3.12. The fourth-order valence-electron chi connectivity index (χ4n) is 2.97. The van der Waals surface area contributed by atoms with Crippen LogP contribution in [0.25, 0.3) is 28.0 Å². The number of fused-ring (bicyclic) bond motifs is 1. The van der Waals surface area contributed by atoms with Crippen molar-refractivity contribution in [3.05, 3.63) is 48.9 Å². The summed E-state index contributed by atoms with van der Waals surface area (Å²) in [5.74, 6) is 0.360. The molecule has 3 aromatic heterocycles. The van der Waals surface area contributed by atoms with Crippen LogP contribution in [0.2, 0.25) is 0 Å². The summed E-state index contributed by atoms with van der Waals surface area (Å²) in [5.41, 5.74) is 4.82. The summed E-state index contributed by atoms with van der Waals surface area (Å²) in [6.45, 7) is 1.48. The first kappa shape index (κ1) is 16.8. The number of methoxy groups -OCH3 is 1. The van der Waals surface area contributed by atoms with Gasteiger partial charge in [0, 0.05) is 37.0 Å². The highest BCUT2D eigenvalue weighted by Gasteiger charge is 2.15. The molecule has 1 N–H and O–H groups in total. The number of amides is 1. The molecule has 0 aliphatic carbocycles. The number of aromatic nitrogens is 5. The first-order valence-corrected chi connectivity index (χ1v) is 8.35. The first-order chi connectivity index (χ1) is 13.0. The number of nitrogens with zero attached hydrogens (tertiary/aromatic N) is 5. The number of hydrogen-bond donors (Lipinski definition) is 1. The third-order valence-corrected chi connectivity index (χ3v) is 4.15. The van der Waals surface area contributed by atoms with Gasteiger partial charge in [0.05, 0.1) is 30.8 Å². The van der Waals surface area contributed by atoms with Crippen LogP contribution in [-0.2, 0) is 11.8 Å². The van der Waals surface area contributed by atoms with Crippen LogP contribution in [-0.4, -0.2) is 37.4 Å². The molecule has 0 unspecified atom stereocenters. The molecule has 0 saturated carbocycles. The van der Waals surface area contributed by atoms with Gasteiger partial charge in [-0.15, -0.1) is 5.10 Å². The van der Waals surface area contributed by atoms with Crippen molar-refractivity contribution < 1.29 is 9.53 Å². The fraction of sp³-hybridized carbons (Fsp3) is 0.158. The maximum absolute atomic E-state index is 11.3. The van der Waals surface area contributed by atoms with Gasteiger partial charge < -0.3 is 10.1 Å². The highest BCUT2D eigenvalue weighted by atomic mass is 16.5. The molecule has 0 aliphatic rings. The maximum Gasteiger partial charge on any atom is 0.239 e. The van der Waals surface area contributed by atoms with Crippen LogP contribution in [0.4, 0.5) is 5.69 Å². The normalized spacial score (nSPS) is 10.9.